The van der Waals surface area contributed by atoms with E-state index in [1.807, 2.05) is 48.2 Å². The molecule has 35 heavy (non-hydrogen) atoms. The molecular formula is C25H26N10. The minimum atomic E-state index is 0.495. The van der Waals surface area contributed by atoms with Crippen molar-refractivity contribution in [1.82, 2.24) is 39.0 Å². The molecule has 0 unspecified atom stereocenters. The van der Waals surface area contributed by atoms with E-state index in [9.17, 15) is 0 Å². The molecule has 1 N–H and O–H groups in total. The first kappa shape index (κ1) is 21.2. The first-order chi connectivity index (χ1) is 17.1. The molecule has 0 radical (unpaired) electrons. The van der Waals surface area contributed by atoms with Gasteiger partial charge in [-0.05, 0) is 37.4 Å². The standard InChI is InChI=1S/C25H26N10/c1-32-10-12-34(13-11-32)21-4-3-8-26-24(21)31-25-27-9-7-20(30-25)22-15-28-23-6-5-18(17-35(22)23)19-14-29-33(2)16-19/h3-9,14-17H,10-13H2,1-2H3,(H,26,27,30,31). The van der Waals surface area contributed by atoms with E-state index in [-0.39, 0.29) is 0 Å². The molecule has 0 spiro atoms. The molecule has 6 rings (SSSR count). The topological polar surface area (TPSA) is 92.3 Å². The molecular weight excluding hydrogens is 440 g/mol. The van der Waals surface area contributed by atoms with Gasteiger partial charge in [0.05, 0.1) is 29.5 Å². The molecule has 0 aromatic carbocycles. The minimum absolute atomic E-state index is 0.495. The van der Waals surface area contributed by atoms with Crippen LogP contribution in [0.2, 0.25) is 0 Å². The lowest BCUT2D eigenvalue weighted by molar-refractivity contribution is 0.313. The molecule has 6 heterocycles. The number of imidazole rings is 1. The van der Waals surface area contributed by atoms with Crippen LogP contribution in [0, 0.1) is 0 Å². The first-order valence-corrected chi connectivity index (χ1v) is 11.6. The van der Waals surface area contributed by atoms with Gasteiger partial charge >= 0.3 is 0 Å². The number of fused-ring (bicyclic) bond motifs is 1. The van der Waals surface area contributed by atoms with Gasteiger partial charge in [0, 0.05) is 69.1 Å². The molecule has 176 valence electrons. The third kappa shape index (κ3) is 4.19. The van der Waals surface area contributed by atoms with Crippen molar-refractivity contribution >= 4 is 23.1 Å². The van der Waals surface area contributed by atoms with Crippen LogP contribution in [0.15, 0.2) is 67.5 Å². The number of hydrogen-bond donors (Lipinski definition) is 1. The maximum Gasteiger partial charge on any atom is 0.229 e. The smallest absolute Gasteiger partial charge is 0.229 e. The Morgan fingerprint density at radius 2 is 1.71 bits per heavy atom. The third-order valence-electron chi connectivity index (χ3n) is 6.32. The van der Waals surface area contributed by atoms with E-state index in [0.29, 0.717) is 5.95 Å². The summed E-state index contributed by atoms with van der Waals surface area (Å²) in [4.78, 5) is 23.1. The van der Waals surface area contributed by atoms with Crippen LogP contribution >= 0.6 is 0 Å². The molecule has 1 aliphatic heterocycles. The maximum atomic E-state index is 4.80. The molecule has 0 amide bonds. The van der Waals surface area contributed by atoms with Crippen LogP contribution in [0.25, 0.3) is 28.2 Å². The van der Waals surface area contributed by atoms with E-state index < -0.39 is 0 Å². The van der Waals surface area contributed by atoms with Crippen LogP contribution in [-0.4, -0.2) is 72.2 Å². The van der Waals surface area contributed by atoms with Crippen LogP contribution in [-0.2, 0) is 7.05 Å². The predicted octanol–water partition coefficient (Wildman–Crippen LogP) is 3.08. The normalized spacial score (nSPS) is 14.5. The average molecular weight is 467 g/mol. The molecule has 1 aliphatic rings. The summed E-state index contributed by atoms with van der Waals surface area (Å²) in [6.07, 6.45) is 11.3. The second-order valence-corrected chi connectivity index (χ2v) is 8.74. The Labute approximate surface area is 202 Å². The number of piperazine rings is 1. The molecule has 1 saturated heterocycles. The number of nitrogens with zero attached hydrogens (tertiary/aromatic N) is 9. The van der Waals surface area contributed by atoms with Gasteiger partial charge in [0.15, 0.2) is 5.82 Å². The zero-order valence-corrected chi connectivity index (χ0v) is 19.7. The lowest BCUT2D eigenvalue weighted by Crippen LogP contribution is -2.44. The lowest BCUT2D eigenvalue weighted by Gasteiger charge is -2.34. The van der Waals surface area contributed by atoms with Gasteiger partial charge in [0.25, 0.3) is 0 Å². The van der Waals surface area contributed by atoms with Gasteiger partial charge in [-0.1, -0.05) is 0 Å². The summed E-state index contributed by atoms with van der Waals surface area (Å²) in [6, 6.07) is 10.0. The van der Waals surface area contributed by atoms with E-state index in [4.69, 9.17) is 4.98 Å². The van der Waals surface area contributed by atoms with Crippen molar-refractivity contribution in [2.24, 2.45) is 7.05 Å². The van der Waals surface area contributed by atoms with E-state index in [1.54, 1.807) is 17.1 Å². The number of likely N-dealkylation sites (N-methyl/N-ethyl adjacent to an activating group) is 1. The number of aryl methyl sites for hydroxylation is 1. The van der Waals surface area contributed by atoms with Gasteiger partial charge in [0.1, 0.15) is 5.65 Å². The van der Waals surface area contributed by atoms with Crippen LogP contribution in [0.4, 0.5) is 17.5 Å². The largest absolute Gasteiger partial charge is 0.366 e. The zero-order valence-electron chi connectivity index (χ0n) is 19.7. The van der Waals surface area contributed by atoms with Crippen LogP contribution in [0.1, 0.15) is 0 Å². The first-order valence-electron chi connectivity index (χ1n) is 11.6. The van der Waals surface area contributed by atoms with Crippen molar-refractivity contribution in [3.05, 3.63) is 67.5 Å². The van der Waals surface area contributed by atoms with Gasteiger partial charge in [-0.15, -0.1) is 0 Å². The van der Waals surface area contributed by atoms with Gasteiger partial charge in [-0.25, -0.2) is 19.9 Å². The maximum absolute atomic E-state index is 4.80. The predicted molar refractivity (Wildman–Crippen MR) is 136 cm³/mol. The quantitative estimate of drug-likeness (QED) is 0.423. The third-order valence-corrected chi connectivity index (χ3v) is 6.32. The second kappa shape index (κ2) is 8.80. The fourth-order valence-electron chi connectivity index (χ4n) is 4.37. The molecule has 1 fully saturated rings. The van der Waals surface area contributed by atoms with Crippen molar-refractivity contribution in [3.8, 4) is 22.5 Å². The number of hydrogen-bond acceptors (Lipinski definition) is 8. The van der Waals surface area contributed by atoms with Crippen LogP contribution in [0.5, 0.6) is 0 Å². The van der Waals surface area contributed by atoms with Crippen molar-refractivity contribution in [3.63, 3.8) is 0 Å². The second-order valence-electron chi connectivity index (χ2n) is 8.74. The molecule has 10 heteroatoms. The molecule has 5 aromatic heterocycles. The van der Waals surface area contributed by atoms with E-state index in [0.717, 1.165) is 65.8 Å². The Morgan fingerprint density at radius 3 is 2.54 bits per heavy atom. The number of aromatic nitrogens is 7. The Kier molecular flexibility index (Phi) is 5.34. The molecule has 0 bridgehead atoms. The summed E-state index contributed by atoms with van der Waals surface area (Å²) in [7, 11) is 4.07. The van der Waals surface area contributed by atoms with Gasteiger partial charge in [-0.3, -0.25) is 9.08 Å². The van der Waals surface area contributed by atoms with E-state index >= 15 is 0 Å². The molecule has 0 saturated carbocycles. The fourth-order valence-corrected chi connectivity index (χ4v) is 4.37. The molecule has 5 aromatic rings. The summed E-state index contributed by atoms with van der Waals surface area (Å²) in [5.41, 5.74) is 5.67. The van der Waals surface area contributed by atoms with Crippen molar-refractivity contribution in [1.29, 1.82) is 0 Å². The highest BCUT2D eigenvalue weighted by Gasteiger charge is 2.18. The van der Waals surface area contributed by atoms with Gasteiger partial charge < -0.3 is 15.1 Å². The highest BCUT2D eigenvalue weighted by Crippen LogP contribution is 2.28. The fraction of sp³-hybridized carbons (Fsp3) is 0.240. The minimum Gasteiger partial charge on any atom is -0.366 e. The summed E-state index contributed by atoms with van der Waals surface area (Å²) < 4.78 is 3.84. The van der Waals surface area contributed by atoms with Crippen molar-refractivity contribution in [2.45, 2.75) is 0 Å². The van der Waals surface area contributed by atoms with Gasteiger partial charge in [0.2, 0.25) is 5.95 Å². The number of nitrogens with one attached hydrogen (secondary N) is 1. The Balaban J connectivity index is 1.31. The molecule has 10 nitrogen and oxygen atoms in total. The van der Waals surface area contributed by atoms with Crippen LogP contribution in [0.3, 0.4) is 0 Å². The Hall–Kier alpha value is -4.31. The van der Waals surface area contributed by atoms with Crippen molar-refractivity contribution in [2.75, 3.05) is 43.4 Å². The highest BCUT2D eigenvalue weighted by atomic mass is 15.3. The van der Waals surface area contributed by atoms with Crippen molar-refractivity contribution < 1.29 is 0 Å². The number of anilines is 3. The van der Waals surface area contributed by atoms with Gasteiger partial charge in [-0.2, -0.15) is 5.10 Å². The van der Waals surface area contributed by atoms with E-state index in [1.165, 1.54) is 0 Å². The number of rotatable bonds is 5. The summed E-state index contributed by atoms with van der Waals surface area (Å²) in [5.74, 6) is 1.25. The molecule has 0 aliphatic carbocycles. The summed E-state index contributed by atoms with van der Waals surface area (Å²) in [6.45, 7) is 3.96. The lowest BCUT2D eigenvalue weighted by atomic mass is 10.1. The molecule has 0 atom stereocenters. The average Bonchev–Trinajstić information content (AvgIpc) is 3.51. The highest BCUT2D eigenvalue weighted by molar-refractivity contribution is 5.71. The Morgan fingerprint density at radius 1 is 0.829 bits per heavy atom. The summed E-state index contributed by atoms with van der Waals surface area (Å²) >= 11 is 0. The van der Waals surface area contributed by atoms with Crippen LogP contribution < -0.4 is 10.2 Å². The SMILES string of the molecule is CN1CCN(c2cccnc2Nc2nccc(-c3cnc4ccc(-c5cnn(C)c5)cn34)n2)CC1. The monoisotopic (exact) mass is 466 g/mol. The number of pyridine rings is 2. The Bertz CT molecular complexity index is 1480. The van der Waals surface area contributed by atoms with E-state index in [2.05, 4.69) is 60.5 Å². The zero-order chi connectivity index (χ0) is 23.8. The summed E-state index contributed by atoms with van der Waals surface area (Å²) in [5, 5.41) is 7.63.